The van der Waals surface area contributed by atoms with Crippen LogP contribution in [0.5, 0.6) is 0 Å². The van der Waals surface area contributed by atoms with Gasteiger partial charge in [-0.3, -0.25) is 4.79 Å². The summed E-state index contributed by atoms with van der Waals surface area (Å²) in [5, 5.41) is 10.8. The van der Waals surface area contributed by atoms with Crippen LogP contribution in [0.25, 0.3) is 0 Å². The van der Waals surface area contributed by atoms with Crippen LogP contribution < -0.4 is 0 Å². The Morgan fingerprint density at radius 2 is 2.22 bits per heavy atom. The number of sulfonamides is 1. The lowest BCUT2D eigenvalue weighted by molar-refractivity contribution is -0.143. The summed E-state index contributed by atoms with van der Waals surface area (Å²) in [5.41, 5.74) is 0. The van der Waals surface area contributed by atoms with E-state index >= 15 is 0 Å². The molecule has 0 aromatic carbocycles. The number of piperazine rings is 1. The smallest absolute Gasteiger partial charge is 0.323 e. The van der Waals surface area contributed by atoms with E-state index in [1.165, 1.54) is 6.07 Å². The second-order valence-electron chi connectivity index (χ2n) is 4.16. The van der Waals surface area contributed by atoms with Crippen LogP contribution >= 0.6 is 11.3 Å². The molecule has 8 heteroatoms. The summed E-state index contributed by atoms with van der Waals surface area (Å²) in [7, 11) is -1.91. The number of hydrogen-bond donors (Lipinski definition) is 1. The molecule has 0 spiro atoms. The summed E-state index contributed by atoms with van der Waals surface area (Å²) >= 11 is 1.10. The van der Waals surface area contributed by atoms with Gasteiger partial charge in [0, 0.05) is 19.6 Å². The lowest BCUT2D eigenvalue weighted by Crippen LogP contribution is -2.57. The summed E-state index contributed by atoms with van der Waals surface area (Å²) < 4.78 is 25.9. The predicted molar refractivity (Wildman–Crippen MR) is 67.1 cm³/mol. The largest absolute Gasteiger partial charge is 0.480 e. The van der Waals surface area contributed by atoms with Crippen molar-refractivity contribution in [1.29, 1.82) is 0 Å². The average molecular weight is 290 g/mol. The molecule has 1 aromatic rings. The Morgan fingerprint density at radius 1 is 1.50 bits per heavy atom. The molecule has 0 radical (unpaired) electrons. The molecule has 1 aromatic heterocycles. The van der Waals surface area contributed by atoms with Crippen molar-refractivity contribution in [3.8, 4) is 0 Å². The highest BCUT2D eigenvalue weighted by Crippen LogP contribution is 2.24. The first kappa shape index (κ1) is 13.5. The van der Waals surface area contributed by atoms with Crippen LogP contribution in [0.3, 0.4) is 0 Å². The second-order valence-corrected chi connectivity index (χ2v) is 7.23. The van der Waals surface area contributed by atoms with E-state index in [-0.39, 0.29) is 17.3 Å². The normalized spacial score (nSPS) is 23.1. The third-order valence-electron chi connectivity index (χ3n) is 2.88. The molecule has 2 rings (SSSR count). The zero-order valence-electron chi connectivity index (χ0n) is 9.81. The van der Waals surface area contributed by atoms with Gasteiger partial charge in [-0.25, -0.2) is 8.42 Å². The molecule has 0 amide bonds. The first-order valence-corrected chi connectivity index (χ1v) is 7.71. The first-order valence-electron chi connectivity index (χ1n) is 5.39. The molecule has 0 bridgehead atoms. The topological polar surface area (TPSA) is 77.9 Å². The van der Waals surface area contributed by atoms with Crippen molar-refractivity contribution in [3.63, 3.8) is 0 Å². The van der Waals surface area contributed by atoms with Crippen molar-refractivity contribution < 1.29 is 18.3 Å². The van der Waals surface area contributed by atoms with Crippen molar-refractivity contribution in [2.24, 2.45) is 0 Å². The Kier molecular flexibility index (Phi) is 3.71. The maximum atomic E-state index is 12.3. The summed E-state index contributed by atoms with van der Waals surface area (Å²) in [6.07, 6.45) is 0. The highest BCUT2D eigenvalue weighted by molar-refractivity contribution is 7.91. The number of hydrogen-bond acceptors (Lipinski definition) is 5. The van der Waals surface area contributed by atoms with Crippen LogP contribution in [0.15, 0.2) is 21.7 Å². The van der Waals surface area contributed by atoms with E-state index in [1.54, 1.807) is 18.5 Å². The zero-order valence-corrected chi connectivity index (χ0v) is 11.4. The fraction of sp³-hybridized carbons (Fsp3) is 0.500. The minimum Gasteiger partial charge on any atom is -0.480 e. The Bertz CT molecular complexity index is 526. The molecule has 6 nitrogen and oxygen atoms in total. The van der Waals surface area contributed by atoms with Gasteiger partial charge in [-0.15, -0.1) is 11.3 Å². The van der Waals surface area contributed by atoms with Gasteiger partial charge in [0.2, 0.25) is 0 Å². The molecule has 100 valence electrons. The van der Waals surface area contributed by atoms with Crippen LogP contribution in [-0.2, 0) is 14.8 Å². The van der Waals surface area contributed by atoms with Gasteiger partial charge in [0.1, 0.15) is 10.3 Å². The molecule has 1 aliphatic rings. The molecule has 1 fully saturated rings. The summed E-state index contributed by atoms with van der Waals surface area (Å²) in [6, 6.07) is 2.12. The fourth-order valence-electron chi connectivity index (χ4n) is 1.92. The minimum atomic E-state index is -3.69. The van der Waals surface area contributed by atoms with E-state index in [9.17, 15) is 13.2 Å². The Morgan fingerprint density at radius 3 is 2.78 bits per heavy atom. The Balaban J connectivity index is 2.34. The molecule has 1 N–H and O–H groups in total. The second kappa shape index (κ2) is 4.96. The molecule has 1 saturated heterocycles. The molecule has 1 aliphatic heterocycles. The van der Waals surface area contributed by atoms with E-state index in [0.717, 1.165) is 15.6 Å². The maximum absolute atomic E-state index is 12.3. The Hall–Kier alpha value is -0.960. The van der Waals surface area contributed by atoms with Gasteiger partial charge in [-0.2, -0.15) is 4.31 Å². The highest BCUT2D eigenvalue weighted by atomic mass is 32.2. The molecule has 0 saturated carbocycles. The van der Waals surface area contributed by atoms with Gasteiger partial charge in [0.15, 0.2) is 0 Å². The number of thiophene rings is 1. The van der Waals surface area contributed by atoms with Gasteiger partial charge < -0.3 is 10.0 Å². The van der Waals surface area contributed by atoms with E-state index < -0.39 is 22.0 Å². The van der Waals surface area contributed by atoms with E-state index in [2.05, 4.69) is 0 Å². The third kappa shape index (κ3) is 2.41. The third-order valence-corrected chi connectivity index (χ3v) is 6.16. The van der Waals surface area contributed by atoms with Gasteiger partial charge in [-0.05, 0) is 18.5 Å². The van der Waals surface area contributed by atoms with Crippen molar-refractivity contribution in [3.05, 3.63) is 17.5 Å². The van der Waals surface area contributed by atoms with Gasteiger partial charge in [0.05, 0.1) is 0 Å². The predicted octanol–water partition coefficient (Wildman–Crippen LogP) is 0.137. The summed E-state index contributed by atoms with van der Waals surface area (Å²) in [6.45, 7) is 0.946. The maximum Gasteiger partial charge on any atom is 0.323 e. The van der Waals surface area contributed by atoms with E-state index in [0.29, 0.717) is 6.54 Å². The molecular formula is C10H14N2O4S2. The minimum absolute atomic E-state index is 0.193. The van der Waals surface area contributed by atoms with Crippen molar-refractivity contribution in [2.75, 3.05) is 26.7 Å². The number of carbonyl (C=O) groups is 1. The van der Waals surface area contributed by atoms with E-state index in [1.807, 2.05) is 4.90 Å². The van der Waals surface area contributed by atoms with Gasteiger partial charge in [-0.1, -0.05) is 6.07 Å². The van der Waals surface area contributed by atoms with Crippen LogP contribution in [0, 0.1) is 0 Å². The van der Waals surface area contributed by atoms with Crippen molar-refractivity contribution >= 4 is 27.3 Å². The van der Waals surface area contributed by atoms with Crippen molar-refractivity contribution in [2.45, 2.75) is 10.3 Å². The zero-order chi connectivity index (χ0) is 13.3. The number of carboxylic acid groups (broad SMARTS) is 1. The standard InChI is InChI=1S/C10H14N2O4S2/c1-11-4-5-12(8(7-11)10(13)14)18(15,16)9-3-2-6-17-9/h2-3,6,8H,4-5,7H2,1H3,(H,13,14)/t8-/m0/s1. The number of aliphatic carboxylic acids is 1. The molecule has 0 unspecified atom stereocenters. The molecule has 18 heavy (non-hydrogen) atoms. The quantitative estimate of drug-likeness (QED) is 0.856. The molecular weight excluding hydrogens is 276 g/mol. The average Bonchev–Trinajstić information content (AvgIpc) is 2.82. The monoisotopic (exact) mass is 290 g/mol. The SMILES string of the molecule is CN1CCN(S(=O)(=O)c2cccs2)[C@H](C(=O)O)C1. The molecule has 0 aliphatic carbocycles. The van der Waals surface area contributed by atoms with Crippen molar-refractivity contribution in [1.82, 2.24) is 9.21 Å². The number of nitrogens with zero attached hydrogens (tertiary/aromatic N) is 2. The fourth-order valence-corrected chi connectivity index (χ4v) is 4.60. The lowest BCUT2D eigenvalue weighted by Gasteiger charge is -2.36. The highest BCUT2D eigenvalue weighted by Gasteiger charge is 2.39. The number of rotatable bonds is 3. The summed E-state index contributed by atoms with van der Waals surface area (Å²) in [5.74, 6) is -1.11. The van der Waals surface area contributed by atoms with Gasteiger partial charge in [0.25, 0.3) is 10.0 Å². The van der Waals surface area contributed by atoms with Crippen LogP contribution in [0.1, 0.15) is 0 Å². The lowest BCUT2D eigenvalue weighted by atomic mass is 10.2. The van der Waals surface area contributed by atoms with Crippen LogP contribution in [-0.4, -0.2) is 61.4 Å². The number of likely N-dealkylation sites (N-methyl/N-ethyl adjacent to an activating group) is 1. The van der Waals surface area contributed by atoms with E-state index in [4.69, 9.17) is 5.11 Å². The van der Waals surface area contributed by atoms with Crippen LogP contribution in [0.2, 0.25) is 0 Å². The van der Waals surface area contributed by atoms with Gasteiger partial charge >= 0.3 is 5.97 Å². The summed E-state index contributed by atoms with van der Waals surface area (Å²) in [4.78, 5) is 13.0. The first-order chi connectivity index (χ1) is 8.43. The van der Waals surface area contributed by atoms with Crippen LogP contribution in [0.4, 0.5) is 0 Å². The Labute approximate surface area is 109 Å². The molecule has 1 atom stereocenters. The number of carboxylic acids is 1. The molecule has 2 heterocycles.